The first-order valence-corrected chi connectivity index (χ1v) is 8.47. The van der Waals surface area contributed by atoms with Crippen molar-refractivity contribution < 1.29 is 14.3 Å². The van der Waals surface area contributed by atoms with Crippen LogP contribution in [0.5, 0.6) is 0 Å². The summed E-state index contributed by atoms with van der Waals surface area (Å²) in [5.41, 5.74) is 0. The molecule has 2 atom stereocenters. The van der Waals surface area contributed by atoms with Crippen molar-refractivity contribution >= 4 is 11.7 Å². The standard InChI is InChI=1S/C16H21N5O3/c22-15(14-19-16-17-6-2-7-21(16)20-14)18-12-5-8-23-10-13(12)24-9-11-3-1-4-11/h2,6-7,11-13H,1,3-5,8-10H2,(H,18,22)/t12-,13-/m1/s1. The molecular weight excluding hydrogens is 310 g/mol. The fourth-order valence-corrected chi connectivity index (χ4v) is 3.02. The van der Waals surface area contributed by atoms with Crippen LogP contribution in [0.2, 0.25) is 0 Å². The second kappa shape index (κ2) is 6.82. The number of amides is 1. The van der Waals surface area contributed by atoms with Gasteiger partial charge in [0.05, 0.1) is 12.6 Å². The number of aromatic nitrogens is 4. The lowest BCUT2D eigenvalue weighted by Crippen LogP contribution is -2.50. The quantitative estimate of drug-likeness (QED) is 0.873. The molecule has 8 heteroatoms. The van der Waals surface area contributed by atoms with Crippen LogP contribution < -0.4 is 5.32 Å². The summed E-state index contributed by atoms with van der Waals surface area (Å²) in [7, 11) is 0. The van der Waals surface area contributed by atoms with E-state index in [4.69, 9.17) is 9.47 Å². The molecule has 0 radical (unpaired) electrons. The minimum absolute atomic E-state index is 0.0779. The maximum atomic E-state index is 12.5. The van der Waals surface area contributed by atoms with Crippen molar-refractivity contribution in [3.8, 4) is 0 Å². The molecule has 1 saturated carbocycles. The van der Waals surface area contributed by atoms with Crippen molar-refractivity contribution in [3.05, 3.63) is 24.3 Å². The Hall–Kier alpha value is -2.06. The van der Waals surface area contributed by atoms with Crippen molar-refractivity contribution in [2.75, 3.05) is 19.8 Å². The topological polar surface area (TPSA) is 90.6 Å². The number of carbonyl (C=O) groups is 1. The number of nitrogens with one attached hydrogen (secondary N) is 1. The van der Waals surface area contributed by atoms with Crippen molar-refractivity contribution in [2.45, 2.75) is 37.8 Å². The van der Waals surface area contributed by atoms with Crippen molar-refractivity contribution in [1.82, 2.24) is 24.9 Å². The molecule has 0 bridgehead atoms. The van der Waals surface area contributed by atoms with E-state index < -0.39 is 0 Å². The van der Waals surface area contributed by atoms with E-state index in [0.717, 1.165) is 13.0 Å². The van der Waals surface area contributed by atoms with Gasteiger partial charge in [-0.25, -0.2) is 9.50 Å². The minimum atomic E-state index is -0.301. The first-order chi connectivity index (χ1) is 11.8. The molecule has 4 rings (SSSR count). The third-order valence-corrected chi connectivity index (χ3v) is 4.71. The smallest absolute Gasteiger partial charge is 0.291 e. The summed E-state index contributed by atoms with van der Waals surface area (Å²) >= 11 is 0. The zero-order valence-electron chi connectivity index (χ0n) is 13.4. The van der Waals surface area contributed by atoms with Gasteiger partial charge in [-0.2, -0.15) is 4.98 Å². The van der Waals surface area contributed by atoms with E-state index in [9.17, 15) is 4.79 Å². The summed E-state index contributed by atoms with van der Waals surface area (Å²) < 4.78 is 13.0. The first-order valence-electron chi connectivity index (χ1n) is 8.47. The van der Waals surface area contributed by atoms with E-state index >= 15 is 0 Å². The molecule has 2 fully saturated rings. The Bertz CT molecular complexity index is 682. The van der Waals surface area contributed by atoms with Gasteiger partial charge in [-0.15, -0.1) is 5.10 Å². The van der Waals surface area contributed by atoms with Crippen molar-refractivity contribution in [3.63, 3.8) is 0 Å². The molecule has 128 valence electrons. The van der Waals surface area contributed by atoms with Gasteiger partial charge in [0.1, 0.15) is 6.10 Å². The molecule has 1 amide bonds. The fourth-order valence-electron chi connectivity index (χ4n) is 3.02. The second-order valence-corrected chi connectivity index (χ2v) is 6.41. The Kier molecular flexibility index (Phi) is 4.40. The minimum Gasteiger partial charge on any atom is -0.379 e. The van der Waals surface area contributed by atoms with Gasteiger partial charge < -0.3 is 14.8 Å². The Morgan fingerprint density at radius 2 is 2.33 bits per heavy atom. The Morgan fingerprint density at radius 1 is 1.42 bits per heavy atom. The molecular formula is C16H21N5O3. The number of hydrogen-bond acceptors (Lipinski definition) is 6. The summed E-state index contributed by atoms with van der Waals surface area (Å²) in [6.07, 6.45) is 7.72. The summed E-state index contributed by atoms with van der Waals surface area (Å²) in [6, 6.07) is 1.66. The molecule has 1 N–H and O–H groups in total. The van der Waals surface area contributed by atoms with Crippen LogP contribution in [0.4, 0.5) is 0 Å². The van der Waals surface area contributed by atoms with E-state index in [0.29, 0.717) is 24.9 Å². The number of carbonyl (C=O) groups excluding carboxylic acids is 1. The van der Waals surface area contributed by atoms with Gasteiger partial charge in [0.15, 0.2) is 0 Å². The Labute approximate surface area is 139 Å². The summed E-state index contributed by atoms with van der Waals surface area (Å²) in [4.78, 5) is 20.7. The highest BCUT2D eigenvalue weighted by molar-refractivity contribution is 5.91. The summed E-state index contributed by atoms with van der Waals surface area (Å²) in [6.45, 7) is 1.88. The largest absolute Gasteiger partial charge is 0.379 e. The van der Waals surface area contributed by atoms with E-state index in [1.165, 1.54) is 23.8 Å². The van der Waals surface area contributed by atoms with Gasteiger partial charge in [-0.3, -0.25) is 4.79 Å². The van der Waals surface area contributed by atoms with Crippen LogP contribution in [0.1, 0.15) is 36.3 Å². The molecule has 0 unspecified atom stereocenters. The van der Waals surface area contributed by atoms with E-state index in [1.807, 2.05) is 0 Å². The molecule has 0 aromatic carbocycles. The predicted molar refractivity (Wildman–Crippen MR) is 84.6 cm³/mol. The fraction of sp³-hybridized carbons (Fsp3) is 0.625. The Balaban J connectivity index is 1.40. The SMILES string of the molecule is O=C(N[C@@H]1CCOC[C@H]1OCC1CCC1)c1nc2ncccn2n1. The highest BCUT2D eigenvalue weighted by atomic mass is 16.5. The predicted octanol–water partition coefficient (Wildman–Crippen LogP) is 0.828. The molecule has 0 spiro atoms. The number of fused-ring (bicyclic) bond motifs is 1. The van der Waals surface area contributed by atoms with Gasteiger partial charge in [0.25, 0.3) is 11.7 Å². The number of ether oxygens (including phenoxy) is 2. The molecule has 2 aromatic rings. The maximum absolute atomic E-state index is 12.5. The van der Waals surface area contributed by atoms with Gasteiger partial charge >= 0.3 is 0 Å². The molecule has 2 aliphatic rings. The van der Waals surface area contributed by atoms with E-state index in [1.54, 1.807) is 18.5 Å². The van der Waals surface area contributed by atoms with Crippen LogP contribution in [-0.4, -0.2) is 57.5 Å². The number of hydrogen-bond donors (Lipinski definition) is 1. The van der Waals surface area contributed by atoms with Crippen LogP contribution in [0.3, 0.4) is 0 Å². The third kappa shape index (κ3) is 3.25. The lowest BCUT2D eigenvalue weighted by Gasteiger charge is -2.34. The molecule has 24 heavy (non-hydrogen) atoms. The molecule has 1 aliphatic carbocycles. The molecule has 2 aromatic heterocycles. The van der Waals surface area contributed by atoms with Crippen LogP contribution in [0.15, 0.2) is 18.5 Å². The number of rotatable bonds is 5. The van der Waals surface area contributed by atoms with Gasteiger partial charge in [0, 0.05) is 25.6 Å². The highest BCUT2D eigenvalue weighted by Gasteiger charge is 2.30. The maximum Gasteiger partial charge on any atom is 0.291 e. The Morgan fingerprint density at radius 3 is 3.12 bits per heavy atom. The van der Waals surface area contributed by atoms with Gasteiger partial charge in [0.2, 0.25) is 5.82 Å². The average molecular weight is 331 g/mol. The van der Waals surface area contributed by atoms with Gasteiger partial charge in [-0.1, -0.05) is 6.42 Å². The monoisotopic (exact) mass is 331 g/mol. The second-order valence-electron chi connectivity index (χ2n) is 6.41. The number of nitrogens with zero attached hydrogens (tertiary/aromatic N) is 4. The van der Waals surface area contributed by atoms with Crippen LogP contribution >= 0.6 is 0 Å². The third-order valence-electron chi connectivity index (χ3n) is 4.71. The van der Waals surface area contributed by atoms with E-state index in [-0.39, 0.29) is 23.9 Å². The molecule has 1 saturated heterocycles. The highest BCUT2D eigenvalue weighted by Crippen LogP contribution is 2.27. The van der Waals surface area contributed by atoms with Crippen LogP contribution in [0, 0.1) is 5.92 Å². The molecule has 8 nitrogen and oxygen atoms in total. The summed E-state index contributed by atoms with van der Waals surface area (Å²) in [5.74, 6) is 0.893. The van der Waals surface area contributed by atoms with E-state index in [2.05, 4.69) is 20.4 Å². The lowest BCUT2D eigenvalue weighted by atomic mass is 9.86. The molecule has 3 heterocycles. The van der Waals surface area contributed by atoms with Crippen molar-refractivity contribution in [2.24, 2.45) is 5.92 Å². The van der Waals surface area contributed by atoms with Crippen LogP contribution in [-0.2, 0) is 9.47 Å². The van der Waals surface area contributed by atoms with Crippen molar-refractivity contribution in [1.29, 1.82) is 0 Å². The summed E-state index contributed by atoms with van der Waals surface area (Å²) in [5, 5.41) is 7.15. The van der Waals surface area contributed by atoms with Gasteiger partial charge in [-0.05, 0) is 31.2 Å². The zero-order chi connectivity index (χ0) is 16.4. The lowest BCUT2D eigenvalue weighted by molar-refractivity contribution is -0.0819. The van der Waals surface area contributed by atoms with Crippen LogP contribution in [0.25, 0.3) is 5.78 Å². The zero-order valence-corrected chi connectivity index (χ0v) is 13.4. The average Bonchev–Trinajstić information content (AvgIpc) is 2.99. The normalized spacial score (nSPS) is 24.7. The molecule has 1 aliphatic heterocycles. The first kappa shape index (κ1) is 15.5.